The van der Waals surface area contributed by atoms with Crippen LogP contribution in [0.2, 0.25) is 0 Å². The highest BCUT2D eigenvalue weighted by Crippen LogP contribution is 2.38. The second-order valence-electron chi connectivity index (χ2n) is 6.76. The lowest BCUT2D eigenvalue weighted by Crippen LogP contribution is -2.33. The summed E-state index contributed by atoms with van der Waals surface area (Å²) in [5.74, 6) is -1.22. The Bertz CT molecular complexity index is 751. The highest BCUT2D eigenvalue weighted by Gasteiger charge is 2.47. The Morgan fingerprint density at radius 1 is 1.23 bits per heavy atom. The normalized spacial score (nSPS) is 22.3. The molecule has 138 valence electrons. The van der Waals surface area contributed by atoms with Gasteiger partial charge >= 0.3 is 5.97 Å². The van der Waals surface area contributed by atoms with Gasteiger partial charge in [0.25, 0.3) is 5.69 Å². The molecule has 2 aliphatic rings. The number of amides is 2. The van der Waals surface area contributed by atoms with E-state index in [1.165, 1.54) is 23.1 Å². The maximum absolute atomic E-state index is 12.4. The number of carbonyl (C=O) groups excluding carboxylic acids is 3. The summed E-state index contributed by atoms with van der Waals surface area (Å²) in [5.41, 5.74) is 0.329. The molecule has 2 amide bonds. The van der Waals surface area contributed by atoms with Crippen molar-refractivity contribution >= 4 is 23.5 Å². The number of carbonyl (C=O) groups is 3. The van der Waals surface area contributed by atoms with Gasteiger partial charge in [0.1, 0.15) is 5.75 Å². The van der Waals surface area contributed by atoms with E-state index in [9.17, 15) is 24.5 Å². The Kier molecular flexibility index (Phi) is 5.01. The fraction of sp³-hybridized carbons (Fsp3) is 0.500. The van der Waals surface area contributed by atoms with Crippen molar-refractivity contribution in [2.24, 2.45) is 11.8 Å². The zero-order chi connectivity index (χ0) is 18.8. The number of rotatable bonds is 5. The zero-order valence-corrected chi connectivity index (χ0v) is 14.5. The van der Waals surface area contributed by atoms with Crippen molar-refractivity contribution in [1.29, 1.82) is 0 Å². The van der Waals surface area contributed by atoms with Gasteiger partial charge in [0.2, 0.25) is 11.8 Å². The molecule has 3 rings (SSSR count). The van der Waals surface area contributed by atoms with E-state index in [1.54, 1.807) is 6.92 Å². The molecular formula is C18H20N2O6. The van der Waals surface area contributed by atoms with E-state index < -0.39 is 10.9 Å². The molecule has 0 N–H and O–H groups in total. The molecule has 1 aliphatic heterocycles. The number of esters is 1. The predicted octanol–water partition coefficient (Wildman–Crippen LogP) is 2.37. The lowest BCUT2D eigenvalue weighted by Gasteiger charge is -2.19. The Balaban J connectivity index is 1.57. The molecule has 2 atom stereocenters. The Morgan fingerprint density at radius 3 is 2.38 bits per heavy atom. The van der Waals surface area contributed by atoms with Gasteiger partial charge in [-0.2, -0.15) is 0 Å². The van der Waals surface area contributed by atoms with E-state index in [2.05, 4.69) is 0 Å². The number of nitrogens with zero attached hydrogens (tertiary/aromatic N) is 2. The van der Waals surface area contributed by atoms with Crippen LogP contribution in [0.1, 0.15) is 37.7 Å². The van der Waals surface area contributed by atoms with Crippen LogP contribution >= 0.6 is 0 Å². The number of fused-ring (bicyclic) bond motifs is 1. The number of hydrogen-bond donors (Lipinski definition) is 0. The van der Waals surface area contributed by atoms with Crippen LogP contribution in [0.5, 0.6) is 5.75 Å². The van der Waals surface area contributed by atoms with Crippen LogP contribution in [0.3, 0.4) is 0 Å². The molecule has 1 aliphatic carbocycles. The number of nitro groups is 1. The minimum atomic E-state index is -0.589. The Labute approximate surface area is 150 Å². The number of hydrogen-bond acceptors (Lipinski definition) is 6. The first-order valence-electron chi connectivity index (χ1n) is 8.69. The standard InChI is InChI=1S/C18H20N2O6/c1-11-10-12(6-7-15(11)20(24)25)26-16(21)8-9-19-17(22)13-4-2-3-5-14(13)18(19)23/h6-7,10,13-14H,2-5,8-9H2,1H3/t13-,14-/m1/s1. The van der Waals surface area contributed by atoms with Crippen LogP contribution in [0.15, 0.2) is 18.2 Å². The summed E-state index contributed by atoms with van der Waals surface area (Å²) in [7, 11) is 0. The molecule has 1 aromatic carbocycles. The van der Waals surface area contributed by atoms with Crippen LogP contribution in [0, 0.1) is 28.9 Å². The SMILES string of the molecule is Cc1cc(OC(=O)CCN2C(=O)[C@@H]3CCCC[C@H]3C2=O)ccc1[N+](=O)[O-]. The third kappa shape index (κ3) is 3.44. The van der Waals surface area contributed by atoms with E-state index in [1.807, 2.05) is 0 Å². The first-order chi connectivity index (χ1) is 12.4. The smallest absolute Gasteiger partial charge is 0.312 e. The summed E-state index contributed by atoms with van der Waals surface area (Å²) in [6, 6.07) is 4.04. The van der Waals surface area contributed by atoms with Crippen molar-refractivity contribution in [2.45, 2.75) is 39.0 Å². The van der Waals surface area contributed by atoms with Crippen molar-refractivity contribution < 1.29 is 24.0 Å². The second kappa shape index (κ2) is 7.23. The maximum atomic E-state index is 12.4. The van der Waals surface area contributed by atoms with Crippen LogP contribution in [0.4, 0.5) is 5.69 Å². The monoisotopic (exact) mass is 360 g/mol. The summed E-state index contributed by atoms with van der Waals surface area (Å²) >= 11 is 0. The van der Waals surface area contributed by atoms with Crippen LogP contribution in [-0.4, -0.2) is 34.2 Å². The molecule has 1 saturated carbocycles. The molecule has 26 heavy (non-hydrogen) atoms. The minimum Gasteiger partial charge on any atom is -0.426 e. The molecule has 0 spiro atoms. The van der Waals surface area contributed by atoms with Gasteiger partial charge in [0.15, 0.2) is 0 Å². The molecule has 0 radical (unpaired) electrons. The summed E-state index contributed by atoms with van der Waals surface area (Å²) < 4.78 is 5.17. The predicted molar refractivity (Wildman–Crippen MR) is 90.3 cm³/mol. The molecule has 2 fully saturated rings. The van der Waals surface area contributed by atoms with Gasteiger partial charge in [-0.05, 0) is 31.9 Å². The van der Waals surface area contributed by atoms with E-state index >= 15 is 0 Å². The second-order valence-corrected chi connectivity index (χ2v) is 6.76. The fourth-order valence-corrected chi connectivity index (χ4v) is 3.73. The maximum Gasteiger partial charge on any atom is 0.312 e. The van der Waals surface area contributed by atoms with Gasteiger partial charge in [0.05, 0.1) is 23.2 Å². The highest BCUT2D eigenvalue weighted by molar-refractivity contribution is 6.05. The topological polar surface area (TPSA) is 107 Å². The number of imide groups is 1. The minimum absolute atomic E-state index is 0.00939. The molecule has 0 unspecified atom stereocenters. The Hall–Kier alpha value is -2.77. The molecule has 1 aromatic rings. The van der Waals surface area contributed by atoms with Gasteiger partial charge in [-0.1, -0.05) is 12.8 Å². The van der Waals surface area contributed by atoms with Crippen molar-refractivity contribution in [2.75, 3.05) is 6.54 Å². The van der Waals surface area contributed by atoms with Crippen LogP contribution in [0.25, 0.3) is 0 Å². The van der Waals surface area contributed by atoms with E-state index in [0.29, 0.717) is 5.56 Å². The van der Waals surface area contributed by atoms with Crippen molar-refractivity contribution in [1.82, 2.24) is 4.90 Å². The highest BCUT2D eigenvalue weighted by atomic mass is 16.6. The lowest BCUT2D eigenvalue weighted by molar-refractivity contribution is -0.385. The number of likely N-dealkylation sites (tertiary alicyclic amines) is 1. The molecule has 1 heterocycles. The van der Waals surface area contributed by atoms with E-state index in [-0.39, 0.29) is 48.1 Å². The molecule has 8 heteroatoms. The quantitative estimate of drug-likeness (QED) is 0.262. The third-order valence-electron chi connectivity index (χ3n) is 5.07. The molecule has 0 bridgehead atoms. The summed E-state index contributed by atoms with van der Waals surface area (Å²) in [6.07, 6.45) is 3.27. The average Bonchev–Trinajstić information content (AvgIpc) is 2.84. The average molecular weight is 360 g/mol. The third-order valence-corrected chi connectivity index (χ3v) is 5.07. The molecule has 1 saturated heterocycles. The Morgan fingerprint density at radius 2 is 1.85 bits per heavy atom. The zero-order valence-electron chi connectivity index (χ0n) is 14.5. The van der Waals surface area contributed by atoms with Crippen molar-refractivity contribution in [3.05, 3.63) is 33.9 Å². The fourth-order valence-electron chi connectivity index (χ4n) is 3.73. The first kappa shape index (κ1) is 18.0. The number of ether oxygens (including phenoxy) is 1. The lowest BCUT2D eigenvalue weighted by atomic mass is 9.81. The molecule has 0 aromatic heterocycles. The molecule has 8 nitrogen and oxygen atoms in total. The summed E-state index contributed by atoms with van der Waals surface area (Å²) in [5, 5.41) is 10.8. The summed E-state index contributed by atoms with van der Waals surface area (Å²) in [4.78, 5) is 48.2. The van der Waals surface area contributed by atoms with Crippen molar-refractivity contribution in [3.8, 4) is 5.75 Å². The number of nitro benzene ring substituents is 1. The van der Waals surface area contributed by atoms with Gasteiger partial charge in [-0.25, -0.2) is 0 Å². The van der Waals surface area contributed by atoms with Crippen molar-refractivity contribution in [3.63, 3.8) is 0 Å². The van der Waals surface area contributed by atoms with E-state index in [4.69, 9.17) is 4.74 Å². The number of aryl methyl sites for hydroxylation is 1. The summed E-state index contributed by atoms with van der Waals surface area (Å²) in [6.45, 7) is 1.56. The van der Waals surface area contributed by atoms with Gasteiger partial charge < -0.3 is 4.74 Å². The molecular weight excluding hydrogens is 340 g/mol. The number of benzene rings is 1. The van der Waals surface area contributed by atoms with Gasteiger partial charge in [0, 0.05) is 18.2 Å². The largest absolute Gasteiger partial charge is 0.426 e. The van der Waals surface area contributed by atoms with Crippen LogP contribution < -0.4 is 4.74 Å². The van der Waals surface area contributed by atoms with Gasteiger partial charge in [-0.3, -0.25) is 29.4 Å². The first-order valence-corrected chi connectivity index (χ1v) is 8.69. The van der Waals surface area contributed by atoms with E-state index in [0.717, 1.165) is 25.7 Å². The van der Waals surface area contributed by atoms with Crippen LogP contribution in [-0.2, 0) is 14.4 Å². The van der Waals surface area contributed by atoms with Gasteiger partial charge in [-0.15, -0.1) is 0 Å².